The molecule has 0 radical (unpaired) electrons. The standard InChI is InChI=1S/C14H20ClN3O/c1-18(9-11-4-2-3-7-17-11)13-8-10(15)5-6-12(13)14(16)19/h5-6,8,11,17H,2-4,7,9H2,1H3,(H2,16,19). The highest BCUT2D eigenvalue weighted by molar-refractivity contribution is 6.31. The molecular formula is C14H20ClN3O. The van der Waals surface area contributed by atoms with Gasteiger partial charge in [-0.15, -0.1) is 0 Å². The van der Waals surface area contributed by atoms with Crippen LogP contribution < -0.4 is 16.0 Å². The van der Waals surface area contributed by atoms with Gasteiger partial charge < -0.3 is 16.0 Å². The molecule has 1 aliphatic rings. The average Bonchev–Trinajstić information content (AvgIpc) is 2.39. The van der Waals surface area contributed by atoms with Crippen molar-refractivity contribution in [3.63, 3.8) is 0 Å². The van der Waals surface area contributed by atoms with E-state index in [9.17, 15) is 4.79 Å². The van der Waals surface area contributed by atoms with Crippen LogP contribution in [-0.2, 0) is 0 Å². The van der Waals surface area contributed by atoms with E-state index in [4.69, 9.17) is 17.3 Å². The fourth-order valence-electron chi connectivity index (χ4n) is 2.54. The molecule has 2 rings (SSSR count). The number of nitrogens with one attached hydrogen (secondary N) is 1. The van der Waals surface area contributed by atoms with Crippen molar-refractivity contribution in [2.24, 2.45) is 5.73 Å². The van der Waals surface area contributed by atoms with Crippen LogP contribution in [0.3, 0.4) is 0 Å². The molecule has 0 bridgehead atoms. The number of carbonyl (C=O) groups excluding carboxylic acids is 1. The summed E-state index contributed by atoms with van der Waals surface area (Å²) in [5.74, 6) is -0.421. The highest BCUT2D eigenvalue weighted by atomic mass is 35.5. The maximum atomic E-state index is 11.5. The molecule has 0 aromatic heterocycles. The summed E-state index contributed by atoms with van der Waals surface area (Å²) in [6, 6.07) is 5.63. The van der Waals surface area contributed by atoms with Gasteiger partial charge >= 0.3 is 0 Å². The van der Waals surface area contributed by atoms with Crippen molar-refractivity contribution in [3.05, 3.63) is 28.8 Å². The summed E-state index contributed by atoms with van der Waals surface area (Å²) in [5.41, 5.74) is 6.73. The van der Waals surface area contributed by atoms with Gasteiger partial charge in [0.25, 0.3) is 5.91 Å². The SMILES string of the molecule is CN(CC1CCCCN1)c1cc(Cl)ccc1C(N)=O. The molecule has 1 fully saturated rings. The largest absolute Gasteiger partial charge is 0.372 e. The van der Waals surface area contributed by atoms with E-state index in [-0.39, 0.29) is 0 Å². The lowest BCUT2D eigenvalue weighted by Gasteiger charge is -2.30. The molecule has 104 valence electrons. The Balaban J connectivity index is 2.14. The third-order valence-corrected chi connectivity index (χ3v) is 3.78. The minimum atomic E-state index is -0.421. The molecule has 1 atom stereocenters. The van der Waals surface area contributed by atoms with Crippen LogP contribution in [0.2, 0.25) is 5.02 Å². The topological polar surface area (TPSA) is 58.4 Å². The first-order chi connectivity index (χ1) is 9.08. The Bertz CT molecular complexity index is 458. The molecule has 0 spiro atoms. The Hall–Kier alpha value is -1.26. The number of hydrogen-bond acceptors (Lipinski definition) is 3. The van der Waals surface area contributed by atoms with Crippen LogP contribution in [0.4, 0.5) is 5.69 Å². The monoisotopic (exact) mass is 281 g/mol. The van der Waals surface area contributed by atoms with Gasteiger partial charge in [0.1, 0.15) is 0 Å². The van der Waals surface area contributed by atoms with Gasteiger partial charge in [0.15, 0.2) is 0 Å². The molecule has 1 unspecified atom stereocenters. The number of nitrogens with zero attached hydrogens (tertiary/aromatic N) is 1. The molecule has 1 aromatic rings. The van der Waals surface area contributed by atoms with Crippen LogP contribution in [0.15, 0.2) is 18.2 Å². The van der Waals surface area contributed by atoms with E-state index in [1.165, 1.54) is 12.8 Å². The molecular weight excluding hydrogens is 262 g/mol. The van der Waals surface area contributed by atoms with Crippen molar-refractivity contribution in [2.75, 3.05) is 25.0 Å². The quantitative estimate of drug-likeness (QED) is 0.888. The van der Waals surface area contributed by atoms with Crippen molar-refractivity contribution >= 4 is 23.2 Å². The lowest BCUT2D eigenvalue weighted by atomic mass is 10.0. The zero-order valence-corrected chi connectivity index (χ0v) is 11.9. The number of anilines is 1. The van der Waals surface area contributed by atoms with Gasteiger partial charge in [-0.05, 0) is 37.6 Å². The highest BCUT2D eigenvalue weighted by Crippen LogP contribution is 2.24. The maximum Gasteiger partial charge on any atom is 0.250 e. The van der Waals surface area contributed by atoms with E-state index < -0.39 is 5.91 Å². The molecule has 19 heavy (non-hydrogen) atoms. The van der Waals surface area contributed by atoms with E-state index in [0.717, 1.165) is 25.2 Å². The van der Waals surface area contributed by atoms with Gasteiger partial charge in [-0.3, -0.25) is 4.79 Å². The van der Waals surface area contributed by atoms with E-state index in [0.29, 0.717) is 16.6 Å². The molecule has 1 heterocycles. The van der Waals surface area contributed by atoms with Gasteiger partial charge in [0, 0.05) is 24.7 Å². The fourth-order valence-corrected chi connectivity index (χ4v) is 2.70. The summed E-state index contributed by atoms with van der Waals surface area (Å²) in [7, 11) is 1.97. The first-order valence-corrected chi connectivity index (χ1v) is 6.99. The van der Waals surface area contributed by atoms with Crippen molar-refractivity contribution in [2.45, 2.75) is 25.3 Å². The van der Waals surface area contributed by atoms with Crippen molar-refractivity contribution in [1.82, 2.24) is 5.32 Å². The minimum Gasteiger partial charge on any atom is -0.372 e. The molecule has 1 aliphatic heterocycles. The van der Waals surface area contributed by atoms with E-state index in [1.807, 2.05) is 7.05 Å². The van der Waals surface area contributed by atoms with E-state index in [1.54, 1.807) is 18.2 Å². The Kier molecular flexibility index (Phi) is 4.66. The predicted molar refractivity (Wildman–Crippen MR) is 78.9 cm³/mol. The summed E-state index contributed by atoms with van der Waals surface area (Å²) in [4.78, 5) is 13.5. The summed E-state index contributed by atoms with van der Waals surface area (Å²) in [6.45, 7) is 1.91. The molecule has 0 saturated carbocycles. The molecule has 1 aromatic carbocycles. The number of rotatable bonds is 4. The summed E-state index contributed by atoms with van der Waals surface area (Å²) in [6.07, 6.45) is 3.66. The Morgan fingerprint density at radius 2 is 2.32 bits per heavy atom. The normalized spacial score (nSPS) is 19.2. The zero-order valence-electron chi connectivity index (χ0n) is 11.2. The average molecular weight is 282 g/mol. The third kappa shape index (κ3) is 3.61. The van der Waals surface area contributed by atoms with Crippen LogP contribution in [0.25, 0.3) is 0 Å². The second-order valence-corrected chi connectivity index (χ2v) is 5.49. The zero-order chi connectivity index (χ0) is 13.8. The molecule has 4 nitrogen and oxygen atoms in total. The Labute approximate surface area is 118 Å². The van der Waals surface area contributed by atoms with E-state index in [2.05, 4.69) is 10.2 Å². The van der Waals surface area contributed by atoms with Crippen molar-refractivity contribution in [3.8, 4) is 0 Å². The lowest BCUT2D eigenvalue weighted by Crippen LogP contribution is -2.42. The van der Waals surface area contributed by atoms with Crippen molar-refractivity contribution in [1.29, 1.82) is 0 Å². The number of primary amides is 1. The minimum absolute atomic E-state index is 0.421. The maximum absolute atomic E-state index is 11.5. The molecule has 3 N–H and O–H groups in total. The highest BCUT2D eigenvalue weighted by Gasteiger charge is 2.18. The molecule has 1 amide bonds. The van der Waals surface area contributed by atoms with Gasteiger partial charge in [-0.1, -0.05) is 18.0 Å². The smallest absolute Gasteiger partial charge is 0.250 e. The second kappa shape index (κ2) is 6.26. The van der Waals surface area contributed by atoms with Crippen LogP contribution in [-0.4, -0.2) is 32.1 Å². The van der Waals surface area contributed by atoms with Gasteiger partial charge in [0.05, 0.1) is 11.3 Å². The number of likely N-dealkylation sites (N-methyl/N-ethyl adjacent to an activating group) is 1. The number of amides is 1. The van der Waals surface area contributed by atoms with Crippen molar-refractivity contribution < 1.29 is 4.79 Å². The van der Waals surface area contributed by atoms with Crippen LogP contribution in [0.1, 0.15) is 29.6 Å². The number of carbonyl (C=O) groups is 1. The third-order valence-electron chi connectivity index (χ3n) is 3.54. The summed E-state index contributed by atoms with van der Waals surface area (Å²) in [5, 5.41) is 4.11. The molecule has 5 heteroatoms. The van der Waals surface area contributed by atoms with Crippen LogP contribution in [0, 0.1) is 0 Å². The summed E-state index contributed by atoms with van der Waals surface area (Å²) >= 11 is 6.01. The lowest BCUT2D eigenvalue weighted by molar-refractivity contribution is 0.100. The number of hydrogen-bond donors (Lipinski definition) is 2. The molecule has 0 aliphatic carbocycles. The van der Waals surface area contributed by atoms with Gasteiger partial charge in [-0.25, -0.2) is 0 Å². The predicted octanol–water partition coefficient (Wildman–Crippen LogP) is 2.02. The van der Waals surface area contributed by atoms with Gasteiger partial charge in [0.2, 0.25) is 0 Å². The van der Waals surface area contributed by atoms with E-state index >= 15 is 0 Å². The number of benzene rings is 1. The van der Waals surface area contributed by atoms with Crippen LogP contribution >= 0.6 is 11.6 Å². The first kappa shape index (κ1) is 14.2. The number of nitrogens with two attached hydrogens (primary N) is 1. The Morgan fingerprint density at radius 3 is 2.95 bits per heavy atom. The second-order valence-electron chi connectivity index (χ2n) is 5.05. The first-order valence-electron chi connectivity index (χ1n) is 6.62. The number of piperidine rings is 1. The summed E-state index contributed by atoms with van der Waals surface area (Å²) < 4.78 is 0. The van der Waals surface area contributed by atoms with Crippen LogP contribution in [0.5, 0.6) is 0 Å². The Morgan fingerprint density at radius 1 is 1.53 bits per heavy atom. The number of halogens is 1. The fraction of sp³-hybridized carbons (Fsp3) is 0.500. The molecule has 1 saturated heterocycles. The van der Waals surface area contributed by atoms with Gasteiger partial charge in [-0.2, -0.15) is 0 Å².